The van der Waals surface area contributed by atoms with Gasteiger partial charge in [0.15, 0.2) is 0 Å². The topological polar surface area (TPSA) is 58.2 Å². The smallest absolute Gasteiger partial charge is 0.250 e. The van der Waals surface area contributed by atoms with Gasteiger partial charge in [-0.05, 0) is 75.0 Å². The predicted molar refractivity (Wildman–Crippen MR) is 91.4 cm³/mol. The maximum atomic E-state index is 12.5. The van der Waals surface area contributed by atoms with Gasteiger partial charge in [0.25, 0.3) is 0 Å². The molecule has 0 amide bonds. The van der Waals surface area contributed by atoms with E-state index in [0.29, 0.717) is 4.21 Å². The molecule has 120 valence electrons. The Morgan fingerprint density at radius 3 is 2.24 bits per heavy atom. The predicted octanol–water partition coefficient (Wildman–Crippen LogP) is 3.41. The summed E-state index contributed by atoms with van der Waals surface area (Å²) in [5.74, 6) is 0. The van der Waals surface area contributed by atoms with E-state index in [1.165, 1.54) is 11.3 Å². The third-order valence-electron chi connectivity index (χ3n) is 3.61. The zero-order chi connectivity index (χ0) is 16.1. The van der Waals surface area contributed by atoms with Crippen LogP contribution in [0.2, 0.25) is 0 Å². The van der Waals surface area contributed by atoms with E-state index in [4.69, 9.17) is 0 Å². The van der Waals surface area contributed by atoms with Crippen LogP contribution >= 0.6 is 27.3 Å². The second-order valence-corrected chi connectivity index (χ2v) is 11.5. The van der Waals surface area contributed by atoms with E-state index in [9.17, 15) is 8.42 Å². The Morgan fingerprint density at radius 2 is 1.81 bits per heavy atom. The van der Waals surface area contributed by atoms with Gasteiger partial charge in [0.1, 0.15) is 4.21 Å². The van der Waals surface area contributed by atoms with Crippen LogP contribution in [0.15, 0.2) is 14.1 Å². The second kappa shape index (κ2) is 5.60. The molecule has 2 rings (SSSR count). The minimum atomic E-state index is -3.45. The number of hydrogen-bond donors (Lipinski definition) is 2. The maximum Gasteiger partial charge on any atom is 0.250 e. The number of nitrogens with one attached hydrogen (secondary N) is 2. The molecule has 0 aromatic carbocycles. The molecule has 0 atom stereocenters. The summed E-state index contributed by atoms with van der Waals surface area (Å²) in [6, 6.07) is 1.66. The van der Waals surface area contributed by atoms with E-state index in [1.807, 2.05) is 6.92 Å². The van der Waals surface area contributed by atoms with Crippen LogP contribution in [-0.4, -0.2) is 25.5 Å². The lowest BCUT2D eigenvalue weighted by Crippen LogP contribution is -2.62. The average Bonchev–Trinajstić information content (AvgIpc) is 2.54. The highest BCUT2D eigenvalue weighted by Gasteiger charge is 2.39. The molecular weight excluding hydrogens is 372 g/mol. The SMILES string of the molecule is Cc1cc(S(=O)(=O)NC2CC(C)(C)NC(C)(C)C2)sc1Br. The average molecular weight is 395 g/mol. The quantitative estimate of drug-likeness (QED) is 0.825. The molecule has 0 saturated carbocycles. The first-order chi connectivity index (χ1) is 9.40. The zero-order valence-corrected chi connectivity index (χ0v) is 16.3. The maximum absolute atomic E-state index is 12.5. The van der Waals surface area contributed by atoms with Crippen molar-refractivity contribution in [3.05, 3.63) is 15.4 Å². The number of piperidine rings is 1. The van der Waals surface area contributed by atoms with Gasteiger partial charge >= 0.3 is 0 Å². The van der Waals surface area contributed by atoms with Crippen molar-refractivity contribution in [3.63, 3.8) is 0 Å². The van der Waals surface area contributed by atoms with Crippen molar-refractivity contribution >= 4 is 37.3 Å². The van der Waals surface area contributed by atoms with E-state index in [1.54, 1.807) is 6.07 Å². The summed E-state index contributed by atoms with van der Waals surface area (Å²) in [7, 11) is -3.45. The van der Waals surface area contributed by atoms with Gasteiger partial charge in [0, 0.05) is 17.1 Å². The fraction of sp³-hybridized carbons (Fsp3) is 0.714. The van der Waals surface area contributed by atoms with Crippen LogP contribution in [0.1, 0.15) is 46.1 Å². The molecule has 0 spiro atoms. The van der Waals surface area contributed by atoms with Crippen LogP contribution in [0.4, 0.5) is 0 Å². The Bertz CT molecular complexity index is 600. The zero-order valence-electron chi connectivity index (χ0n) is 13.1. The van der Waals surface area contributed by atoms with Gasteiger partial charge < -0.3 is 5.32 Å². The van der Waals surface area contributed by atoms with Crippen molar-refractivity contribution in [1.82, 2.24) is 10.0 Å². The van der Waals surface area contributed by atoms with E-state index in [-0.39, 0.29) is 17.1 Å². The molecule has 1 aromatic rings. The Kier molecular flexibility index (Phi) is 4.64. The summed E-state index contributed by atoms with van der Waals surface area (Å²) in [4.78, 5) is 0. The molecule has 1 aliphatic rings. The van der Waals surface area contributed by atoms with Gasteiger partial charge in [-0.25, -0.2) is 13.1 Å². The molecular formula is C14H23BrN2O2S2. The molecule has 0 unspecified atom stereocenters. The normalized spacial score (nSPS) is 22.4. The lowest BCUT2D eigenvalue weighted by Gasteiger charge is -2.46. The summed E-state index contributed by atoms with van der Waals surface area (Å²) >= 11 is 4.65. The number of sulfonamides is 1. The molecule has 0 radical (unpaired) electrons. The molecule has 4 nitrogen and oxygen atoms in total. The number of hydrogen-bond acceptors (Lipinski definition) is 4. The highest BCUT2D eigenvalue weighted by atomic mass is 79.9. The van der Waals surface area contributed by atoms with Gasteiger partial charge in [-0.3, -0.25) is 0 Å². The van der Waals surface area contributed by atoms with Crippen molar-refractivity contribution in [3.8, 4) is 0 Å². The molecule has 0 bridgehead atoms. The molecule has 0 aliphatic carbocycles. The fourth-order valence-corrected chi connectivity index (χ4v) is 6.73. The summed E-state index contributed by atoms with van der Waals surface area (Å²) in [5.41, 5.74) is 0.785. The molecule has 2 heterocycles. The summed E-state index contributed by atoms with van der Waals surface area (Å²) in [5, 5.41) is 3.56. The van der Waals surface area contributed by atoms with Gasteiger partial charge in [-0.2, -0.15) is 0 Å². The van der Waals surface area contributed by atoms with Gasteiger partial charge in [-0.1, -0.05) is 0 Å². The number of halogens is 1. The van der Waals surface area contributed by atoms with Crippen molar-refractivity contribution in [1.29, 1.82) is 0 Å². The van der Waals surface area contributed by atoms with Crippen LogP contribution in [-0.2, 0) is 10.0 Å². The van der Waals surface area contributed by atoms with Crippen LogP contribution in [0.3, 0.4) is 0 Å². The Hall–Kier alpha value is 0.0500. The van der Waals surface area contributed by atoms with E-state index >= 15 is 0 Å². The van der Waals surface area contributed by atoms with Crippen molar-refractivity contribution in [2.24, 2.45) is 0 Å². The summed E-state index contributed by atoms with van der Waals surface area (Å²) in [6.07, 6.45) is 1.56. The number of aryl methyl sites for hydroxylation is 1. The molecule has 21 heavy (non-hydrogen) atoms. The molecule has 1 aromatic heterocycles. The first-order valence-corrected chi connectivity index (χ1v) is 10.1. The highest BCUT2D eigenvalue weighted by molar-refractivity contribution is 9.11. The lowest BCUT2D eigenvalue weighted by atomic mass is 9.80. The largest absolute Gasteiger partial charge is 0.307 e. The third-order valence-corrected chi connectivity index (χ3v) is 7.74. The van der Waals surface area contributed by atoms with Gasteiger partial charge in [-0.15, -0.1) is 11.3 Å². The Morgan fingerprint density at radius 1 is 1.29 bits per heavy atom. The van der Waals surface area contributed by atoms with Crippen molar-refractivity contribution < 1.29 is 8.42 Å². The second-order valence-electron chi connectivity index (χ2n) is 7.14. The Balaban J connectivity index is 2.20. The monoisotopic (exact) mass is 394 g/mol. The van der Waals surface area contributed by atoms with Gasteiger partial charge in [0.2, 0.25) is 10.0 Å². The van der Waals surface area contributed by atoms with Gasteiger partial charge in [0.05, 0.1) is 3.79 Å². The third kappa shape index (κ3) is 4.28. The summed E-state index contributed by atoms with van der Waals surface area (Å²) in [6.45, 7) is 10.3. The Labute approximate surface area is 139 Å². The minimum absolute atomic E-state index is 0.0533. The number of thiophene rings is 1. The van der Waals surface area contributed by atoms with Crippen LogP contribution in [0.5, 0.6) is 0 Å². The first-order valence-electron chi connectivity index (χ1n) is 6.98. The van der Waals surface area contributed by atoms with E-state index in [2.05, 4.69) is 53.7 Å². The molecule has 7 heteroatoms. The lowest BCUT2D eigenvalue weighted by molar-refractivity contribution is 0.157. The molecule has 1 saturated heterocycles. The van der Waals surface area contributed by atoms with Crippen LogP contribution in [0.25, 0.3) is 0 Å². The van der Waals surface area contributed by atoms with E-state index < -0.39 is 10.0 Å². The molecule has 1 aliphatic heterocycles. The summed E-state index contributed by atoms with van der Waals surface area (Å²) < 4.78 is 29.2. The minimum Gasteiger partial charge on any atom is -0.307 e. The van der Waals surface area contributed by atoms with Crippen LogP contribution < -0.4 is 10.0 Å². The van der Waals surface area contributed by atoms with E-state index in [0.717, 1.165) is 22.2 Å². The van der Waals surface area contributed by atoms with Crippen molar-refractivity contribution in [2.75, 3.05) is 0 Å². The number of rotatable bonds is 3. The highest BCUT2D eigenvalue weighted by Crippen LogP contribution is 2.33. The standard InChI is InChI=1S/C14H23BrN2O2S2/c1-9-6-11(20-12(9)15)21(18,19)16-10-7-13(2,3)17-14(4,5)8-10/h6,10,16-17H,7-8H2,1-5H3. The molecule has 2 N–H and O–H groups in total. The first kappa shape index (κ1) is 17.4. The fourth-order valence-electron chi connectivity index (χ4n) is 3.25. The van der Waals surface area contributed by atoms with Crippen LogP contribution in [0, 0.1) is 6.92 Å². The van der Waals surface area contributed by atoms with Crippen molar-refractivity contribution in [2.45, 2.75) is 68.8 Å². The molecule has 1 fully saturated rings.